The van der Waals surface area contributed by atoms with Crippen LogP contribution in [0.5, 0.6) is 0 Å². The summed E-state index contributed by atoms with van der Waals surface area (Å²) in [6.07, 6.45) is 2.35. The predicted octanol–water partition coefficient (Wildman–Crippen LogP) is 2.93. The van der Waals surface area contributed by atoms with E-state index in [1.807, 2.05) is 35.9 Å². The fourth-order valence-corrected chi connectivity index (χ4v) is 3.90. The number of nitro benzene ring substituents is 1. The molecule has 0 atom stereocenters. The van der Waals surface area contributed by atoms with Gasteiger partial charge >= 0.3 is 5.69 Å². The average molecular weight is 388 g/mol. The van der Waals surface area contributed by atoms with Crippen LogP contribution in [0.4, 0.5) is 11.4 Å². The monoisotopic (exact) mass is 388 g/mol. The number of para-hydroxylation sites is 3. The molecule has 3 rings (SSSR count). The second kappa shape index (κ2) is 7.36. The summed E-state index contributed by atoms with van der Waals surface area (Å²) in [5.74, 6) is 0.928. The summed E-state index contributed by atoms with van der Waals surface area (Å²) < 4.78 is 25.6. The molecular formula is C18H20N4O4S. The molecule has 9 heteroatoms. The highest BCUT2D eigenvalue weighted by atomic mass is 32.2. The normalized spacial score (nSPS) is 11.6. The van der Waals surface area contributed by atoms with Gasteiger partial charge in [-0.25, -0.2) is 13.4 Å². The van der Waals surface area contributed by atoms with Gasteiger partial charge in [0, 0.05) is 26.3 Å². The summed E-state index contributed by atoms with van der Waals surface area (Å²) in [5.41, 5.74) is 1.77. The van der Waals surface area contributed by atoms with Crippen molar-refractivity contribution in [3.63, 3.8) is 0 Å². The van der Waals surface area contributed by atoms with Gasteiger partial charge in [0.2, 0.25) is 0 Å². The Morgan fingerprint density at radius 1 is 1.19 bits per heavy atom. The van der Waals surface area contributed by atoms with Crippen molar-refractivity contribution in [3.05, 3.63) is 58.4 Å². The molecule has 0 spiro atoms. The molecule has 2 aromatic carbocycles. The minimum atomic E-state index is -3.69. The lowest BCUT2D eigenvalue weighted by Gasteiger charge is -2.09. The number of rotatable bonds is 7. The fourth-order valence-electron chi connectivity index (χ4n) is 3.04. The van der Waals surface area contributed by atoms with E-state index in [1.165, 1.54) is 18.2 Å². The van der Waals surface area contributed by atoms with Crippen molar-refractivity contribution >= 4 is 32.2 Å². The number of nitrogens with zero attached hydrogens (tertiary/aromatic N) is 3. The Morgan fingerprint density at radius 2 is 1.93 bits per heavy atom. The zero-order valence-electron chi connectivity index (χ0n) is 15.0. The van der Waals surface area contributed by atoms with Crippen molar-refractivity contribution in [1.29, 1.82) is 0 Å². The summed E-state index contributed by atoms with van der Waals surface area (Å²) in [4.78, 5) is 15.0. The first kappa shape index (κ1) is 18.8. The van der Waals surface area contributed by atoms with Gasteiger partial charge in [-0.1, -0.05) is 18.2 Å². The average Bonchev–Trinajstić information content (AvgIpc) is 2.94. The molecule has 0 aliphatic heterocycles. The smallest absolute Gasteiger partial charge is 0.310 e. The molecule has 0 radical (unpaired) electrons. The van der Waals surface area contributed by atoms with Gasteiger partial charge in [-0.15, -0.1) is 0 Å². The molecule has 0 aliphatic rings. The van der Waals surface area contributed by atoms with Gasteiger partial charge in [0.1, 0.15) is 16.4 Å². The second-order valence-electron chi connectivity index (χ2n) is 6.29. The number of aromatic nitrogens is 2. The van der Waals surface area contributed by atoms with Crippen LogP contribution in [-0.2, 0) is 23.3 Å². The Kier molecular flexibility index (Phi) is 5.13. The minimum absolute atomic E-state index is 0.202. The van der Waals surface area contributed by atoms with Gasteiger partial charge in [0.05, 0.1) is 16.0 Å². The number of hydrogen-bond donors (Lipinski definition) is 1. The quantitative estimate of drug-likeness (QED) is 0.379. The van der Waals surface area contributed by atoms with Crippen LogP contribution in [0, 0.1) is 10.1 Å². The fraction of sp³-hybridized carbons (Fsp3) is 0.278. The van der Waals surface area contributed by atoms with E-state index in [0.29, 0.717) is 19.4 Å². The van der Waals surface area contributed by atoms with Crippen LogP contribution in [0.3, 0.4) is 0 Å². The molecule has 1 heterocycles. The van der Waals surface area contributed by atoms with Crippen LogP contribution in [0.25, 0.3) is 11.0 Å². The van der Waals surface area contributed by atoms with Crippen LogP contribution in [0.1, 0.15) is 12.2 Å². The van der Waals surface area contributed by atoms with Crippen LogP contribution in [0.15, 0.2) is 47.4 Å². The van der Waals surface area contributed by atoms with Crippen LogP contribution in [0.2, 0.25) is 0 Å². The molecule has 0 unspecified atom stereocenters. The van der Waals surface area contributed by atoms with Crippen molar-refractivity contribution in [2.45, 2.75) is 17.7 Å². The summed E-state index contributed by atoms with van der Waals surface area (Å²) in [6.45, 7) is 0.456. The third-order valence-electron chi connectivity index (χ3n) is 4.35. The first-order chi connectivity index (χ1) is 12.8. The minimum Gasteiger partial charge on any atom is -0.379 e. The maximum atomic E-state index is 11.8. The molecule has 0 fully saturated rings. The Balaban J connectivity index is 1.72. The Labute approximate surface area is 156 Å². The molecular weight excluding hydrogens is 368 g/mol. The van der Waals surface area contributed by atoms with Crippen LogP contribution < -0.4 is 5.32 Å². The standard InChI is InChI=1S/C18H20N4O4S/c1-21-15-9-4-3-7-13(15)20-17(21)11-6-12-19-14-8-5-10-16(27(2,25)26)18(14)22(23)24/h3-5,7-10,19H,6,11-12H2,1-2H3. The first-order valence-electron chi connectivity index (χ1n) is 8.40. The number of nitrogens with one attached hydrogen (secondary N) is 1. The van der Waals surface area contributed by atoms with E-state index < -0.39 is 20.4 Å². The highest BCUT2D eigenvalue weighted by molar-refractivity contribution is 7.90. The van der Waals surface area contributed by atoms with E-state index in [0.717, 1.165) is 23.1 Å². The SMILES string of the molecule is Cn1c(CCCNc2cccc(S(C)(=O)=O)c2[N+](=O)[O-])nc2ccccc21. The van der Waals surface area contributed by atoms with Crippen molar-refractivity contribution < 1.29 is 13.3 Å². The number of sulfone groups is 1. The molecule has 1 aromatic heterocycles. The van der Waals surface area contributed by atoms with Gasteiger partial charge in [-0.05, 0) is 30.7 Å². The Hall–Kier alpha value is -2.94. The summed E-state index contributed by atoms with van der Waals surface area (Å²) in [6, 6.07) is 12.1. The van der Waals surface area contributed by atoms with Crippen molar-refractivity contribution in [2.75, 3.05) is 18.1 Å². The van der Waals surface area contributed by atoms with E-state index in [9.17, 15) is 18.5 Å². The van der Waals surface area contributed by atoms with Gasteiger partial charge in [-0.3, -0.25) is 10.1 Å². The van der Waals surface area contributed by atoms with E-state index in [2.05, 4.69) is 10.3 Å². The van der Waals surface area contributed by atoms with E-state index in [-0.39, 0.29) is 10.6 Å². The molecule has 3 aromatic rings. The topological polar surface area (TPSA) is 107 Å². The molecule has 8 nitrogen and oxygen atoms in total. The molecule has 1 N–H and O–H groups in total. The largest absolute Gasteiger partial charge is 0.379 e. The molecule has 0 amide bonds. The molecule has 0 saturated heterocycles. The Morgan fingerprint density at radius 3 is 2.59 bits per heavy atom. The van der Waals surface area contributed by atoms with Gasteiger partial charge < -0.3 is 9.88 Å². The van der Waals surface area contributed by atoms with Crippen molar-refractivity contribution in [1.82, 2.24) is 9.55 Å². The highest BCUT2D eigenvalue weighted by Crippen LogP contribution is 2.31. The first-order valence-corrected chi connectivity index (χ1v) is 10.3. The second-order valence-corrected chi connectivity index (χ2v) is 8.27. The zero-order valence-corrected chi connectivity index (χ0v) is 15.9. The zero-order chi connectivity index (χ0) is 19.6. The number of imidazole rings is 1. The summed E-state index contributed by atoms with van der Waals surface area (Å²) in [5, 5.41) is 14.4. The maximum Gasteiger partial charge on any atom is 0.310 e. The molecule has 27 heavy (non-hydrogen) atoms. The molecule has 0 bridgehead atoms. The molecule has 142 valence electrons. The number of benzene rings is 2. The lowest BCUT2D eigenvalue weighted by Crippen LogP contribution is -2.10. The summed E-state index contributed by atoms with van der Waals surface area (Å²) >= 11 is 0. The summed E-state index contributed by atoms with van der Waals surface area (Å²) in [7, 11) is -1.73. The number of fused-ring (bicyclic) bond motifs is 1. The molecule has 0 saturated carbocycles. The van der Waals surface area contributed by atoms with Crippen molar-refractivity contribution in [2.24, 2.45) is 7.05 Å². The van der Waals surface area contributed by atoms with E-state index >= 15 is 0 Å². The van der Waals surface area contributed by atoms with Gasteiger partial charge in [0.15, 0.2) is 9.84 Å². The van der Waals surface area contributed by atoms with Crippen LogP contribution >= 0.6 is 0 Å². The number of nitro groups is 1. The lowest BCUT2D eigenvalue weighted by molar-refractivity contribution is -0.386. The Bertz CT molecular complexity index is 1110. The third-order valence-corrected chi connectivity index (χ3v) is 5.48. The highest BCUT2D eigenvalue weighted by Gasteiger charge is 2.25. The predicted molar refractivity (Wildman–Crippen MR) is 104 cm³/mol. The third kappa shape index (κ3) is 3.92. The van der Waals surface area contributed by atoms with E-state index in [4.69, 9.17) is 0 Å². The number of aryl methyl sites for hydroxylation is 2. The van der Waals surface area contributed by atoms with E-state index in [1.54, 1.807) is 0 Å². The molecule has 0 aliphatic carbocycles. The van der Waals surface area contributed by atoms with Crippen LogP contribution in [-0.4, -0.2) is 35.7 Å². The maximum absolute atomic E-state index is 11.8. The van der Waals surface area contributed by atoms with Crippen molar-refractivity contribution in [3.8, 4) is 0 Å². The number of anilines is 1. The van der Waals surface area contributed by atoms with Gasteiger partial charge in [0.25, 0.3) is 0 Å². The lowest BCUT2D eigenvalue weighted by atomic mass is 10.2. The van der Waals surface area contributed by atoms with Gasteiger partial charge in [-0.2, -0.15) is 0 Å². The number of hydrogen-bond acceptors (Lipinski definition) is 6.